The lowest BCUT2D eigenvalue weighted by Crippen LogP contribution is -2.24. The number of halogens is 2. The lowest BCUT2D eigenvalue weighted by atomic mass is 10.1. The highest BCUT2D eigenvalue weighted by Gasteiger charge is 2.19. The van der Waals surface area contributed by atoms with Gasteiger partial charge in [-0.3, -0.25) is 49.5 Å². The van der Waals surface area contributed by atoms with E-state index in [4.69, 9.17) is 25.8 Å². The third kappa shape index (κ3) is 22.0. The number of nitrogens with one attached hydrogen (secondary N) is 10. The van der Waals surface area contributed by atoms with Gasteiger partial charge < -0.3 is 40.8 Å². The first-order valence-electron chi connectivity index (χ1n) is 41.7. The Labute approximate surface area is 752 Å². The number of hydrogen-bond donors (Lipinski definition) is 10. The Morgan fingerprint density at radius 2 is 0.740 bits per heavy atom. The first-order chi connectivity index (χ1) is 63.3. The number of H-pyrrole nitrogens is 5. The van der Waals surface area contributed by atoms with Gasteiger partial charge in [0.05, 0.1) is 81.7 Å². The molecule has 0 saturated carbocycles. The van der Waals surface area contributed by atoms with Crippen LogP contribution in [0.5, 0.6) is 17.2 Å². The number of aryl methyl sites for hydroxylation is 5. The number of hydrogen-bond acceptors (Lipinski definition) is 23. The fourth-order valence-electron chi connectivity index (χ4n) is 13.7. The average molecular weight is 1780 g/mol. The summed E-state index contributed by atoms with van der Waals surface area (Å²) < 4.78 is 35.6. The molecule has 0 unspecified atom stereocenters. The van der Waals surface area contributed by atoms with E-state index in [0.29, 0.717) is 142 Å². The molecule has 0 aliphatic heterocycles. The zero-order chi connectivity index (χ0) is 91.9. The summed E-state index contributed by atoms with van der Waals surface area (Å²) in [6, 6.07) is 72.0. The molecule has 0 amide bonds. The van der Waals surface area contributed by atoms with Gasteiger partial charge in [-0.05, 0) is 131 Å². The number of para-hydroxylation sites is 1. The Morgan fingerprint density at radius 1 is 0.344 bits per heavy atom. The molecule has 19 aromatic rings. The van der Waals surface area contributed by atoms with E-state index in [0.717, 1.165) is 84.1 Å². The van der Waals surface area contributed by atoms with Crippen LogP contribution in [0.2, 0.25) is 5.02 Å². The van der Waals surface area contributed by atoms with Gasteiger partial charge >= 0.3 is 0 Å². The lowest BCUT2D eigenvalue weighted by Gasteiger charge is -2.12. The second-order valence-corrected chi connectivity index (χ2v) is 31.3. The monoisotopic (exact) mass is 1780 g/mol. The van der Waals surface area contributed by atoms with Gasteiger partial charge in [0.2, 0.25) is 0 Å². The molecule has 0 saturated heterocycles. The van der Waals surface area contributed by atoms with Crippen LogP contribution in [0.1, 0.15) is 75.7 Å². The van der Waals surface area contributed by atoms with Crippen LogP contribution in [0.15, 0.2) is 261 Å². The number of rotatable bonds is 23. The largest absolute Gasteiger partial charge is 0.497 e. The summed E-state index contributed by atoms with van der Waals surface area (Å²) in [4.78, 5) is 106. The van der Waals surface area contributed by atoms with Gasteiger partial charge in [0.1, 0.15) is 23.1 Å². The number of aromatic nitrogens is 20. The SMILES string of the molecule is COc1ccc(NCc2cc(=O)n3[nH]c(-c4cccc(C)c4)nc3n2)c(OC)c1.COc1cccc(NCc2cc(=O)n3[nH]c(-c4ccc(C)cc4)nc3n2)c1.Cc1ccc(-c2nc3nc(CNc4cccc(Cl)c4C)cc(=O)n3[nH]2)cc1.Cc1ccccc1-c1nc2nc(CNC(C)C)cc(=O)n2[nH]1.Cc1ccccc1NCc1cc(=O)n2[nH]c(-c3ccc(F)cc3)nc2n1. The maximum atomic E-state index is 13.1. The smallest absolute Gasteiger partial charge is 0.274 e. The van der Waals surface area contributed by atoms with Crippen molar-refractivity contribution in [2.24, 2.45) is 0 Å². The van der Waals surface area contributed by atoms with Crippen molar-refractivity contribution < 1.29 is 18.6 Å². The summed E-state index contributed by atoms with van der Waals surface area (Å²) in [5.41, 5.74) is 16.6. The standard InChI is InChI=1S/C21H21N5O3.C20H18ClN5O.C20H19N5O2.C19H16FN5O.C16H19N5O/c1-13-5-4-6-14(9-13)20-24-21-23-15(10-19(27)26(21)25-20)12-22-17-8-7-16(28-2)11-18(17)29-3;1-12-6-8-14(9-7-12)19-24-20-23-15(10-18(27)26(20)25-19)11-22-17-5-3-4-16(21)13(17)2;1-13-6-8-14(9-7-13)19-23-20-22-16(11-18(26)25(20)24-19)12-21-15-4-3-5-17(10-15)27-2;1-12-4-2-3-5-16(12)21-11-15-10-17(26)25-19(22-15)23-18(24-25)13-6-8-14(20)9-7-13;1-10(2)17-9-12-8-14(22)21-16(18-12)19-15(20-21)13-7-5-4-6-11(13)3/h4-11,22H,12H2,1-3H3,(H,23,24,25);3-10,22H,11H2,1-2H3,(H,23,24,25);3-11,21H,12H2,1-2H3,(H,22,23,24);2-10,21H,11H2,1H3,(H,22,23,24);4-8,10,17H,9H2,1-3H3,(H,18,19,20). The first kappa shape index (κ1) is 89.3. The Hall–Kier alpha value is -16.5. The predicted molar refractivity (Wildman–Crippen MR) is 505 cm³/mol. The van der Waals surface area contributed by atoms with Gasteiger partial charge in [0, 0.05) is 105 Å². The van der Waals surface area contributed by atoms with Crippen molar-refractivity contribution in [3.05, 3.63) is 361 Å². The molecule has 0 aliphatic carbocycles. The summed E-state index contributed by atoms with van der Waals surface area (Å²) >= 11 is 6.15. The van der Waals surface area contributed by atoms with Crippen molar-refractivity contribution in [1.29, 1.82) is 0 Å². The van der Waals surface area contributed by atoms with Crippen LogP contribution in [0.4, 0.5) is 27.1 Å². The predicted octanol–water partition coefficient (Wildman–Crippen LogP) is 15.0. The van der Waals surface area contributed by atoms with E-state index in [1.54, 1.807) is 39.5 Å². The number of ether oxygens (including phenoxy) is 3. The van der Waals surface area contributed by atoms with E-state index in [9.17, 15) is 28.4 Å². The van der Waals surface area contributed by atoms with Crippen LogP contribution in [0, 0.1) is 47.4 Å². The van der Waals surface area contributed by atoms with Crippen LogP contribution in [0.25, 0.3) is 85.8 Å². The molecule has 10 heterocycles. The highest BCUT2D eigenvalue weighted by Crippen LogP contribution is 2.31. The molecule has 9 aromatic carbocycles. The van der Waals surface area contributed by atoms with Crippen molar-refractivity contribution in [1.82, 2.24) is 103 Å². The molecule has 35 heteroatoms. The quantitative estimate of drug-likeness (QED) is 0.0284. The number of nitrogens with zero attached hydrogens (tertiary/aromatic N) is 15. The molecule has 664 valence electrons. The summed E-state index contributed by atoms with van der Waals surface area (Å²) in [7, 11) is 4.81. The Bertz CT molecular complexity index is 7620. The van der Waals surface area contributed by atoms with Crippen molar-refractivity contribution in [2.75, 3.05) is 42.6 Å². The minimum absolute atomic E-state index is 0.155. The van der Waals surface area contributed by atoms with Crippen LogP contribution in [0.3, 0.4) is 0 Å². The molecule has 0 radical (unpaired) electrons. The van der Waals surface area contributed by atoms with Crippen molar-refractivity contribution in [3.63, 3.8) is 0 Å². The van der Waals surface area contributed by atoms with Crippen LogP contribution >= 0.6 is 11.6 Å². The molecule has 33 nitrogen and oxygen atoms in total. The molecule has 10 N–H and O–H groups in total. The van der Waals surface area contributed by atoms with Gasteiger partial charge in [-0.25, -0.2) is 29.3 Å². The molecule has 0 bridgehead atoms. The van der Waals surface area contributed by atoms with Crippen molar-refractivity contribution in [3.8, 4) is 74.2 Å². The zero-order valence-corrected chi connectivity index (χ0v) is 74.1. The van der Waals surface area contributed by atoms with E-state index in [1.165, 1.54) is 65.0 Å². The number of fused-ring (bicyclic) bond motifs is 5. The van der Waals surface area contributed by atoms with Gasteiger partial charge in [0.15, 0.2) is 29.1 Å². The first-order valence-corrected chi connectivity index (χ1v) is 42.0. The fraction of sp³-hybridized carbons (Fsp3) is 0.177. The lowest BCUT2D eigenvalue weighted by molar-refractivity contribution is 0.395. The van der Waals surface area contributed by atoms with Gasteiger partial charge in [-0.1, -0.05) is 163 Å². The normalized spacial score (nSPS) is 11.0. The molecule has 19 rings (SSSR count). The summed E-state index contributed by atoms with van der Waals surface area (Å²) in [5, 5.41) is 31.9. The molecule has 0 spiro atoms. The molecule has 0 atom stereocenters. The van der Waals surface area contributed by atoms with E-state index >= 15 is 0 Å². The van der Waals surface area contributed by atoms with Gasteiger partial charge in [0.25, 0.3) is 56.7 Å². The molecular formula is C96H93ClFN25O8. The Morgan fingerprint density at radius 3 is 1.21 bits per heavy atom. The average Bonchev–Trinajstić information content (AvgIpc) is 1.66. The minimum Gasteiger partial charge on any atom is -0.497 e. The van der Waals surface area contributed by atoms with Gasteiger partial charge in [-0.15, -0.1) is 0 Å². The summed E-state index contributed by atoms with van der Waals surface area (Å²) in [5.74, 6) is 6.39. The van der Waals surface area contributed by atoms with Crippen LogP contribution in [-0.4, -0.2) is 125 Å². The van der Waals surface area contributed by atoms with E-state index < -0.39 is 0 Å². The fourth-order valence-corrected chi connectivity index (χ4v) is 13.9. The summed E-state index contributed by atoms with van der Waals surface area (Å²) in [6.07, 6.45) is 0. The zero-order valence-electron chi connectivity index (χ0n) is 73.4. The second-order valence-electron chi connectivity index (χ2n) is 30.9. The number of methoxy groups -OCH3 is 3. The maximum Gasteiger partial charge on any atom is 0.274 e. The molecule has 10 aromatic heterocycles. The van der Waals surface area contributed by atoms with Gasteiger partial charge in [-0.2, -0.15) is 47.5 Å². The van der Waals surface area contributed by atoms with Crippen molar-refractivity contribution in [2.45, 2.75) is 94.2 Å². The summed E-state index contributed by atoms with van der Waals surface area (Å²) in [6.45, 7) is 18.2. The maximum absolute atomic E-state index is 13.1. The highest BCUT2D eigenvalue weighted by atomic mass is 35.5. The highest BCUT2D eigenvalue weighted by molar-refractivity contribution is 6.31. The number of aromatic amines is 5. The molecule has 0 aliphatic rings. The number of benzene rings is 9. The van der Waals surface area contributed by atoms with E-state index in [2.05, 4.69) is 116 Å². The van der Waals surface area contributed by atoms with Crippen LogP contribution in [-0.2, 0) is 32.7 Å². The third-order valence-corrected chi connectivity index (χ3v) is 21.2. The van der Waals surface area contributed by atoms with E-state index in [1.807, 2.05) is 217 Å². The molecule has 131 heavy (non-hydrogen) atoms. The number of anilines is 4. The Balaban J connectivity index is 0.000000126. The minimum atomic E-state index is -0.329. The topological polar surface area (TPSA) is 403 Å². The van der Waals surface area contributed by atoms with E-state index in [-0.39, 0.29) is 39.4 Å². The Kier molecular flexibility index (Phi) is 27.6. The van der Waals surface area contributed by atoms with Crippen LogP contribution < -0.4 is 68.6 Å². The van der Waals surface area contributed by atoms with Crippen molar-refractivity contribution >= 4 is 63.2 Å². The second kappa shape index (κ2) is 40.4. The molecular weight excluding hydrogens is 1690 g/mol. The molecule has 0 fully saturated rings. The third-order valence-electron chi connectivity index (χ3n) is 20.8.